The van der Waals surface area contributed by atoms with Crippen LogP contribution in [0.1, 0.15) is 46.2 Å². The molecule has 8 N–H and O–H groups in total. The number of rotatable bonds is 14. The Kier molecular flexibility index (Phi) is 11.2. The molecule has 1 heterocycles. The van der Waals surface area contributed by atoms with E-state index in [0.29, 0.717) is 5.69 Å². The molecular formula is C21H34N6O7. The van der Waals surface area contributed by atoms with Gasteiger partial charge in [0.25, 0.3) is 0 Å². The van der Waals surface area contributed by atoms with Crippen molar-refractivity contribution in [1.82, 2.24) is 25.9 Å². The molecule has 34 heavy (non-hydrogen) atoms. The number of imidazole rings is 1. The number of aromatic amines is 1. The molecule has 1 aromatic heterocycles. The number of nitrogens with one attached hydrogen (secondary N) is 4. The number of aromatic nitrogens is 2. The van der Waals surface area contributed by atoms with Crippen LogP contribution < -0.4 is 21.7 Å². The Labute approximate surface area is 197 Å². The van der Waals surface area contributed by atoms with E-state index in [1.165, 1.54) is 12.5 Å². The summed E-state index contributed by atoms with van der Waals surface area (Å²) in [6.07, 6.45) is 2.42. The van der Waals surface area contributed by atoms with Crippen molar-refractivity contribution in [2.45, 2.75) is 71.1 Å². The topological polar surface area (TPSA) is 217 Å². The molecule has 1 rings (SSSR count). The second-order valence-electron chi connectivity index (χ2n) is 8.68. The fourth-order valence-corrected chi connectivity index (χ4v) is 3.06. The second-order valence-corrected chi connectivity index (χ2v) is 8.68. The van der Waals surface area contributed by atoms with Crippen molar-refractivity contribution >= 4 is 29.7 Å². The number of hydrogen-bond acceptors (Lipinski definition) is 7. The summed E-state index contributed by atoms with van der Waals surface area (Å²) in [6, 6.07) is -4.52. The van der Waals surface area contributed by atoms with E-state index in [9.17, 15) is 29.1 Å². The number of carboxylic acids is 2. The highest BCUT2D eigenvalue weighted by atomic mass is 16.4. The van der Waals surface area contributed by atoms with Crippen molar-refractivity contribution in [2.75, 3.05) is 0 Å². The lowest BCUT2D eigenvalue weighted by Gasteiger charge is -2.27. The fourth-order valence-electron chi connectivity index (χ4n) is 3.06. The Bertz CT molecular complexity index is 856. The number of nitrogens with zero attached hydrogens (tertiary/aromatic N) is 1. The van der Waals surface area contributed by atoms with Gasteiger partial charge in [0.1, 0.15) is 18.1 Å². The Balaban J connectivity index is 3.00. The van der Waals surface area contributed by atoms with E-state index in [4.69, 9.17) is 10.8 Å². The van der Waals surface area contributed by atoms with E-state index in [1.54, 1.807) is 27.7 Å². The molecule has 0 aliphatic carbocycles. The van der Waals surface area contributed by atoms with E-state index in [-0.39, 0.29) is 25.2 Å². The van der Waals surface area contributed by atoms with Crippen LogP contribution in [0.15, 0.2) is 12.5 Å². The quantitative estimate of drug-likeness (QED) is 0.173. The molecule has 0 aromatic carbocycles. The van der Waals surface area contributed by atoms with Crippen molar-refractivity contribution in [3.05, 3.63) is 18.2 Å². The molecule has 4 atom stereocenters. The van der Waals surface area contributed by atoms with E-state index < -0.39 is 59.7 Å². The van der Waals surface area contributed by atoms with Crippen LogP contribution in [0.3, 0.4) is 0 Å². The predicted octanol–water partition coefficient (Wildman–Crippen LogP) is -1.00. The average Bonchev–Trinajstić information content (AvgIpc) is 3.25. The zero-order valence-corrected chi connectivity index (χ0v) is 19.7. The summed E-state index contributed by atoms with van der Waals surface area (Å²) in [5.74, 6) is -5.18. The highest BCUT2D eigenvalue weighted by Crippen LogP contribution is 2.08. The monoisotopic (exact) mass is 482 g/mol. The first-order valence-electron chi connectivity index (χ1n) is 10.9. The molecule has 13 nitrogen and oxygen atoms in total. The summed E-state index contributed by atoms with van der Waals surface area (Å²) in [5, 5.41) is 25.6. The zero-order chi connectivity index (χ0) is 26.0. The normalized spacial score (nSPS) is 14.7. The number of H-pyrrole nitrogens is 1. The van der Waals surface area contributed by atoms with Gasteiger partial charge in [0.15, 0.2) is 0 Å². The Hall–Kier alpha value is -3.48. The van der Waals surface area contributed by atoms with Crippen LogP contribution in [0.25, 0.3) is 0 Å². The largest absolute Gasteiger partial charge is 0.481 e. The van der Waals surface area contributed by atoms with Gasteiger partial charge in [-0.05, 0) is 18.3 Å². The molecule has 0 radical (unpaired) electrons. The van der Waals surface area contributed by atoms with Crippen LogP contribution in [0.5, 0.6) is 0 Å². The van der Waals surface area contributed by atoms with Crippen LogP contribution in [-0.4, -0.2) is 74.0 Å². The first-order chi connectivity index (χ1) is 15.8. The highest BCUT2D eigenvalue weighted by molar-refractivity contribution is 5.94. The number of carbonyl (C=O) groups is 5. The van der Waals surface area contributed by atoms with Crippen LogP contribution in [0.2, 0.25) is 0 Å². The lowest BCUT2D eigenvalue weighted by Crippen LogP contribution is -2.59. The number of nitrogens with two attached hydrogens (primary N) is 1. The van der Waals surface area contributed by atoms with Crippen molar-refractivity contribution in [2.24, 2.45) is 17.6 Å². The maximum Gasteiger partial charge on any atom is 0.326 e. The lowest BCUT2D eigenvalue weighted by molar-refractivity contribution is -0.144. The van der Waals surface area contributed by atoms with Gasteiger partial charge in [-0.15, -0.1) is 0 Å². The van der Waals surface area contributed by atoms with Crippen LogP contribution in [0, 0.1) is 11.8 Å². The van der Waals surface area contributed by atoms with Gasteiger partial charge in [-0.25, -0.2) is 9.78 Å². The van der Waals surface area contributed by atoms with Gasteiger partial charge in [-0.3, -0.25) is 19.2 Å². The predicted molar refractivity (Wildman–Crippen MR) is 120 cm³/mol. The van der Waals surface area contributed by atoms with Crippen molar-refractivity contribution < 1.29 is 34.2 Å². The first-order valence-corrected chi connectivity index (χ1v) is 10.9. The van der Waals surface area contributed by atoms with Gasteiger partial charge in [0, 0.05) is 24.7 Å². The average molecular weight is 483 g/mol. The van der Waals surface area contributed by atoms with E-state index in [0.717, 1.165) is 0 Å². The fraction of sp³-hybridized carbons (Fsp3) is 0.619. The number of carbonyl (C=O) groups excluding carboxylic acids is 3. The summed E-state index contributed by atoms with van der Waals surface area (Å²) < 4.78 is 0. The summed E-state index contributed by atoms with van der Waals surface area (Å²) in [6.45, 7) is 6.65. The number of aliphatic carboxylic acids is 2. The van der Waals surface area contributed by atoms with Crippen LogP contribution in [0.4, 0.5) is 0 Å². The standard InChI is InChI=1S/C21H34N6O7/c1-10(2)16(20(32)27-17(11(3)4)21(33)34)26-19(31)14(7-12-8-23-9-24-12)25-18(30)13(22)5-6-15(28)29/h8-11,13-14,16-17H,5-7,22H2,1-4H3,(H,23,24)(H,25,30)(H,26,31)(H,27,32)(H,28,29)(H,33,34). The lowest BCUT2D eigenvalue weighted by atomic mass is 9.99. The second kappa shape index (κ2) is 13.3. The molecule has 0 bridgehead atoms. The molecular weight excluding hydrogens is 448 g/mol. The highest BCUT2D eigenvalue weighted by Gasteiger charge is 2.33. The van der Waals surface area contributed by atoms with Gasteiger partial charge in [0.2, 0.25) is 17.7 Å². The van der Waals surface area contributed by atoms with Gasteiger partial charge in [-0.1, -0.05) is 27.7 Å². The first kappa shape index (κ1) is 28.6. The van der Waals surface area contributed by atoms with E-state index in [2.05, 4.69) is 25.9 Å². The Morgan fingerprint density at radius 3 is 2.00 bits per heavy atom. The summed E-state index contributed by atoms with van der Waals surface area (Å²) >= 11 is 0. The maximum atomic E-state index is 13.1. The smallest absolute Gasteiger partial charge is 0.326 e. The van der Waals surface area contributed by atoms with Gasteiger partial charge >= 0.3 is 11.9 Å². The zero-order valence-electron chi connectivity index (χ0n) is 19.7. The van der Waals surface area contributed by atoms with Gasteiger partial charge < -0.3 is 36.9 Å². The summed E-state index contributed by atoms with van der Waals surface area (Å²) in [5.41, 5.74) is 6.27. The molecule has 3 amide bonds. The molecule has 0 aliphatic rings. The minimum absolute atomic E-state index is 0.000592. The summed E-state index contributed by atoms with van der Waals surface area (Å²) in [7, 11) is 0. The van der Waals surface area contributed by atoms with E-state index >= 15 is 0 Å². The summed E-state index contributed by atoms with van der Waals surface area (Å²) in [4.78, 5) is 67.2. The third-order valence-electron chi connectivity index (χ3n) is 5.10. The van der Waals surface area contributed by atoms with Gasteiger partial charge in [-0.2, -0.15) is 0 Å². The molecule has 190 valence electrons. The third-order valence-corrected chi connectivity index (χ3v) is 5.10. The molecule has 1 aromatic rings. The number of amides is 3. The molecule has 0 saturated heterocycles. The van der Waals surface area contributed by atoms with Gasteiger partial charge in [0.05, 0.1) is 12.4 Å². The van der Waals surface area contributed by atoms with Crippen molar-refractivity contribution in [3.63, 3.8) is 0 Å². The molecule has 0 aliphatic heterocycles. The Morgan fingerprint density at radius 1 is 0.941 bits per heavy atom. The van der Waals surface area contributed by atoms with Crippen molar-refractivity contribution in [3.8, 4) is 0 Å². The Morgan fingerprint density at radius 2 is 1.53 bits per heavy atom. The molecule has 4 unspecified atom stereocenters. The van der Waals surface area contributed by atoms with Crippen molar-refractivity contribution in [1.29, 1.82) is 0 Å². The number of hydrogen-bond donors (Lipinski definition) is 7. The molecule has 0 saturated carbocycles. The van der Waals surface area contributed by atoms with Crippen LogP contribution >= 0.6 is 0 Å². The SMILES string of the molecule is CC(C)C(NC(=O)C(NC(=O)C(Cc1cnc[nH]1)NC(=O)C(N)CCC(=O)O)C(C)C)C(=O)O. The van der Waals surface area contributed by atoms with Crippen LogP contribution in [-0.2, 0) is 30.4 Å². The number of carboxylic acid groups (broad SMARTS) is 2. The molecule has 0 fully saturated rings. The minimum Gasteiger partial charge on any atom is -0.481 e. The molecule has 0 spiro atoms. The molecule has 13 heteroatoms. The minimum atomic E-state index is -1.20. The maximum absolute atomic E-state index is 13.1. The third kappa shape index (κ3) is 9.17. The van der Waals surface area contributed by atoms with E-state index in [1.807, 2.05) is 0 Å².